The highest BCUT2D eigenvalue weighted by atomic mass is 16.3. The monoisotopic (exact) mass is 410 g/mol. The second kappa shape index (κ2) is 9.22. The van der Waals surface area contributed by atoms with Crippen molar-refractivity contribution in [2.24, 2.45) is 0 Å². The first-order chi connectivity index (χ1) is 15.1. The van der Waals surface area contributed by atoms with Crippen LogP contribution in [-0.4, -0.2) is 33.2 Å². The lowest BCUT2D eigenvalue weighted by atomic mass is 9.96. The first kappa shape index (κ1) is 20.3. The average molecular weight is 410 g/mol. The molecule has 1 aromatic heterocycles. The third-order valence-electron chi connectivity index (χ3n) is 5.28. The van der Waals surface area contributed by atoms with E-state index in [9.17, 15) is 14.7 Å². The van der Waals surface area contributed by atoms with Crippen molar-refractivity contribution in [1.29, 1.82) is 0 Å². The topological polar surface area (TPSA) is 70.5 Å². The van der Waals surface area contributed by atoms with E-state index >= 15 is 0 Å². The maximum Gasteiger partial charge on any atom is 0.290 e. The van der Waals surface area contributed by atoms with E-state index in [1.165, 1.54) is 6.08 Å². The first-order valence-electron chi connectivity index (χ1n) is 10.1. The average Bonchev–Trinajstić information content (AvgIpc) is 3.08. The molecule has 0 spiro atoms. The Morgan fingerprint density at radius 1 is 1.00 bits per heavy atom. The summed E-state index contributed by atoms with van der Waals surface area (Å²) in [5, 5.41) is 10.6. The molecule has 0 radical (unpaired) electrons. The zero-order valence-corrected chi connectivity index (χ0v) is 16.9. The number of hydrogen-bond donors (Lipinski definition) is 1. The fourth-order valence-electron chi connectivity index (χ4n) is 3.74. The Hall–Kier alpha value is -3.99. The molecule has 154 valence electrons. The second-order valence-electron chi connectivity index (χ2n) is 7.29. The van der Waals surface area contributed by atoms with E-state index in [1.807, 2.05) is 66.7 Å². The van der Waals surface area contributed by atoms with Crippen LogP contribution in [0.15, 0.2) is 103 Å². The zero-order chi connectivity index (χ0) is 21.6. The first-order valence-corrected chi connectivity index (χ1v) is 10.1. The lowest BCUT2D eigenvalue weighted by Crippen LogP contribution is -2.33. The van der Waals surface area contributed by atoms with Gasteiger partial charge in [0, 0.05) is 18.9 Å². The molecule has 5 heteroatoms. The summed E-state index contributed by atoms with van der Waals surface area (Å²) in [5.74, 6) is -1.43. The third kappa shape index (κ3) is 4.46. The predicted octanol–water partition coefficient (Wildman–Crippen LogP) is 4.30. The van der Waals surface area contributed by atoms with Crippen LogP contribution in [0.5, 0.6) is 0 Å². The van der Waals surface area contributed by atoms with Crippen molar-refractivity contribution in [2.75, 3.05) is 6.54 Å². The van der Waals surface area contributed by atoms with Gasteiger partial charge in [-0.1, -0.05) is 72.8 Å². The number of carbonyl (C=O) groups excluding carboxylic acids is 2. The highest BCUT2D eigenvalue weighted by Gasteiger charge is 2.42. The number of aliphatic hydroxyl groups excluding tert-OH is 1. The number of aliphatic hydroxyl groups is 1. The molecule has 1 aliphatic rings. The summed E-state index contributed by atoms with van der Waals surface area (Å²) < 4.78 is 0. The minimum absolute atomic E-state index is 0.0817. The van der Waals surface area contributed by atoms with Gasteiger partial charge in [-0.2, -0.15) is 0 Å². The van der Waals surface area contributed by atoms with Crippen molar-refractivity contribution in [1.82, 2.24) is 9.88 Å². The van der Waals surface area contributed by atoms with Crippen molar-refractivity contribution >= 4 is 17.8 Å². The Morgan fingerprint density at radius 2 is 1.71 bits per heavy atom. The van der Waals surface area contributed by atoms with Crippen LogP contribution in [0.25, 0.3) is 6.08 Å². The van der Waals surface area contributed by atoms with Gasteiger partial charge in [0.15, 0.2) is 11.5 Å². The van der Waals surface area contributed by atoms with E-state index in [0.717, 1.165) is 11.1 Å². The maximum atomic E-state index is 13.1. The van der Waals surface area contributed by atoms with Gasteiger partial charge in [0.25, 0.3) is 5.91 Å². The molecule has 2 aromatic carbocycles. The largest absolute Gasteiger partial charge is 0.503 e. The van der Waals surface area contributed by atoms with Crippen LogP contribution in [0.4, 0.5) is 0 Å². The van der Waals surface area contributed by atoms with Crippen LogP contribution in [-0.2, 0) is 16.0 Å². The van der Waals surface area contributed by atoms with Crippen molar-refractivity contribution < 1.29 is 14.7 Å². The SMILES string of the molecule is O=C(/C=C/c1ccccc1)C1=C(O)C(=O)N(CCc2ccccc2)C1c1cccnc1. The Balaban J connectivity index is 1.64. The Morgan fingerprint density at radius 3 is 2.39 bits per heavy atom. The predicted molar refractivity (Wildman–Crippen MR) is 119 cm³/mol. The van der Waals surface area contributed by atoms with Gasteiger partial charge in [-0.3, -0.25) is 14.6 Å². The van der Waals surface area contributed by atoms with E-state index in [0.29, 0.717) is 18.5 Å². The quantitative estimate of drug-likeness (QED) is 0.590. The number of hydrogen-bond acceptors (Lipinski definition) is 4. The summed E-state index contributed by atoms with van der Waals surface area (Å²) >= 11 is 0. The minimum atomic E-state index is -0.683. The van der Waals surface area contributed by atoms with Gasteiger partial charge in [0.2, 0.25) is 0 Å². The van der Waals surface area contributed by atoms with E-state index in [-0.39, 0.29) is 5.57 Å². The number of allylic oxidation sites excluding steroid dienone is 1. The Labute approximate surface area is 181 Å². The number of nitrogens with zero attached hydrogens (tertiary/aromatic N) is 2. The molecule has 31 heavy (non-hydrogen) atoms. The van der Waals surface area contributed by atoms with Crippen LogP contribution in [0.1, 0.15) is 22.7 Å². The molecule has 1 aliphatic heterocycles. The number of carbonyl (C=O) groups is 2. The molecule has 0 saturated heterocycles. The molecule has 0 bridgehead atoms. The molecular weight excluding hydrogens is 388 g/mol. The fourth-order valence-corrected chi connectivity index (χ4v) is 3.74. The molecule has 1 N–H and O–H groups in total. The molecule has 1 atom stereocenters. The second-order valence-corrected chi connectivity index (χ2v) is 7.29. The summed E-state index contributed by atoms with van der Waals surface area (Å²) in [6.45, 7) is 0.367. The number of benzene rings is 2. The molecule has 5 nitrogen and oxygen atoms in total. The summed E-state index contributed by atoms with van der Waals surface area (Å²) in [4.78, 5) is 31.7. The van der Waals surface area contributed by atoms with Crippen molar-refractivity contribution in [3.63, 3.8) is 0 Å². The molecule has 0 aliphatic carbocycles. The van der Waals surface area contributed by atoms with Crippen LogP contribution in [0.3, 0.4) is 0 Å². The van der Waals surface area contributed by atoms with E-state index in [1.54, 1.807) is 29.4 Å². The summed E-state index contributed by atoms with van der Waals surface area (Å²) in [5.41, 5.74) is 2.70. The normalized spacial score (nSPS) is 16.3. The minimum Gasteiger partial charge on any atom is -0.503 e. The molecule has 2 heterocycles. The Kier molecular flexibility index (Phi) is 6.03. The van der Waals surface area contributed by atoms with Gasteiger partial charge in [-0.05, 0) is 35.3 Å². The van der Waals surface area contributed by atoms with E-state index in [4.69, 9.17) is 0 Å². The Bertz CT molecular complexity index is 1120. The van der Waals surface area contributed by atoms with E-state index in [2.05, 4.69) is 4.98 Å². The van der Waals surface area contributed by atoms with Crippen molar-refractivity contribution in [2.45, 2.75) is 12.5 Å². The number of amides is 1. The fraction of sp³-hybridized carbons (Fsp3) is 0.115. The number of rotatable bonds is 7. The molecular formula is C26H22N2O3. The lowest BCUT2D eigenvalue weighted by Gasteiger charge is -2.26. The molecule has 1 amide bonds. The van der Waals surface area contributed by atoms with Crippen LogP contribution >= 0.6 is 0 Å². The smallest absolute Gasteiger partial charge is 0.290 e. The van der Waals surface area contributed by atoms with Crippen LogP contribution in [0, 0.1) is 0 Å². The van der Waals surface area contributed by atoms with Crippen LogP contribution < -0.4 is 0 Å². The molecule has 3 aromatic rings. The summed E-state index contributed by atoms with van der Waals surface area (Å²) in [6, 6.07) is 22.1. The van der Waals surface area contributed by atoms with Gasteiger partial charge in [-0.25, -0.2) is 0 Å². The van der Waals surface area contributed by atoms with Crippen LogP contribution in [0.2, 0.25) is 0 Å². The number of ketones is 1. The maximum absolute atomic E-state index is 13.1. The third-order valence-corrected chi connectivity index (χ3v) is 5.28. The van der Waals surface area contributed by atoms with Gasteiger partial charge in [0.1, 0.15) is 0 Å². The zero-order valence-electron chi connectivity index (χ0n) is 16.9. The van der Waals surface area contributed by atoms with Crippen molar-refractivity contribution in [3.05, 3.63) is 119 Å². The number of pyridine rings is 1. The van der Waals surface area contributed by atoms with Gasteiger partial charge >= 0.3 is 0 Å². The highest BCUT2D eigenvalue weighted by molar-refractivity contribution is 6.14. The molecule has 0 fully saturated rings. The lowest BCUT2D eigenvalue weighted by molar-refractivity contribution is -0.129. The molecule has 0 saturated carbocycles. The highest BCUT2D eigenvalue weighted by Crippen LogP contribution is 2.37. The van der Waals surface area contributed by atoms with Gasteiger partial charge in [-0.15, -0.1) is 0 Å². The summed E-state index contributed by atoms with van der Waals surface area (Å²) in [7, 11) is 0. The molecule has 1 unspecified atom stereocenters. The molecule has 4 rings (SSSR count). The van der Waals surface area contributed by atoms with Crippen molar-refractivity contribution in [3.8, 4) is 0 Å². The summed E-state index contributed by atoms with van der Waals surface area (Å²) in [6.07, 6.45) is 6.95. The van der Waals surface area contributed by atoms with E-state index < -0.39 is 23.5 Å². The standard InChI is InChI=1S/C26H22N2O3/c29-22(14-13-19-8-3-1-4-9-19)23-24(21-12-7-16-27-18-21)28(26(31)25(23)30)17-15-20-10-5-2-6-11-20/h1-14,16,18,24,30H,15,17H2/b14-13+. The van der Waals surface area contributed by atoms with Gasteiger partial charge in [0.05, 0.1) is 11.6 Å². The number of aromatic nitrogens is 1. The van der Waals surface area contributed by atoms with Gasteiger partial charge < -0.3 is 10.0 Å².